The third-order valence-electron chi connectivity index (χ3n) is 7.79. The fraction of sp³-hybridized carbons (Fsp3) is 0.500. The lowest BCUT2D eigenvalue weighted by atomic mass is 9.63. The summed E-state index contributed by atoms with van der Waals surface area (Å²) in [5.74, 6) is -0.649. The van der Waals surface area contributed by atoms with Gasteiger partial charge < -0.3 is 15.5 Å². The van der Waals surface area contributed by atoms with Gasteiger partial charge in [0.05, 0.1) is 5.41 Å². The average Bonchev–Trinajstić information content (AvgIpc) is 2.81. The molecule has 0 heterocycles. The zero-order valence-electron chi connectivity index (χ0n) is 20.5. The summed E-state index contributed by atoms with van der Waals surface area (Å²) in [5, 5.41) is 6.89. The fourth-order valence-electron chi connectivity index (χ4n) is 5.35. The van der Waals surface area contributed by atoms with E-state index in [9.17, 15) is 14.0 Å². The maximum atomic E-state index is 13.6. The van der Waals surface area contributed by atoms with Crippen molar-refractivity contribution in [3.63, 3.8) is 0 Å². The van der Waals surface area contributed by atoms with Crippen molar-refractivity contribution in [1.29, 1.82) is 0 Å². The monoisotopic (exact) mass is 499 g/mol. The Morgan fingerprint density at radius 1 is 1.03 bits per heavy atom. The van der Waals surface area contributed by atoms with Crippen LogP contribution in [0.1, 0.15) is 56.1 Å². The summed E-state index contributed by atoms with van der Waals surface area (Å²) in [6.07, 6.45) is 6.61. The van der Waals surface area contributed by atoms with E-state index in [1.807, 2.05) is 12.1 Å². The van der Waals surface area contributed by atoms with Gasteiger partial charge in [0.1, 0.15) is 11.9 Å². The number of benzene rings is 2. The number of hydrogen-bond donors (Lipinski definition) is 2. The lowest BCUT2D eigenvalue weighted by Crippen LogP contribution is -2.57. The van der Waals surface area contributed by atoms with Gasteiger partial charge in [-0.15, -0.1) is 0 Å². The quantitative estimate of drug-likeness (QED) is 0.557. The maximum Gasteiger partial charge on any atom is 0.243 e. The van der Waals surface area contributed by atoms with E-state index in [1.54, 1.807) is 24.3 Å². The first-order valence-electron chi connectivity index (χ1n) is 12.5. The van der Waals surface area contributed by atoms with E-state index < -0.39 is 11.5 Å². The van der Waals surface area contributed by atoms with E-state index in [0.717, 1.165) is 43.2 Å². The molecule has 2 aliphatic rings. The van der Waals surface area contributed by atoms with Crippen LogP contribution >= 0.6 is 11.6 Å². The second-order valence-corrected chi connectivity index (χ2v) is 10.7. The second kappa shape index (κ2) is 11.1. The average molecular weight is 500 g/mol. The topological polar surface area (TPSA) is 61.4 Å². The van der Waals surface area contributed by atoms with E-state index in [0.29, 0.717) is 30.3 Å². The van der Waals surface area contributed by atoms with Crippen LogP contribution in [0, 0.1) is 5.82 Å². The van der Waals surface area contributed by atoms with Gasteiger partial charge in [0.25, 0.3) is 0 Å². The molecule has 0 spiro atoms. The smallest absolute Gasteiger partial charge is 0.243 e. The summed E-state index contributed by atoms with van der Waals surface area (Å²) >= 11 is 6.04. The van der Waals surface area contributed by atoms with Crippen molar-refractivity contribution in [2.24, 2.45) is 0 Å². The number of rotatable bonds is 8. The van der Waals surface area contributed by atoms with Crippen molar-refractivity contribution in [3.8, 4) is 0 Å². The van der Waals surface area contributed by atoms with Crippen molar-refractivity contribution in [1.82, 2.24) is 15.5 Å². The highest BCUT2D eigenvalue weighted by Gasteiger charge is 2.46. The highest BCUT2D eigenvalue weighted by Crippen LogP contribution is 2.44. The molecule has 7 heteroatoms. The van der Waals surface area contributed by atoms with E-state index in [2.05, 4.69) is 29.6 Å². The van der Waals surface area contributed by atoms with Gasteiger partial charge in [-0.05, 0) is 88.0 Å². The number of halogens is 2. The lowest BCUT2D eigenvalue weighted by Gasteiger charge is -2.41. The minimum Gasteiger partial charge on any atom is -0.352 e. The molecule has 2 fully saturated rings. The van der Waals surface area contributed by atoms with Crippen LogP contribution in [0.2, 0.25) is 5.02 Å². The number of hydrogen-bond acceptors (Lipinski definition) is 3. The van der Waals surface area contributed by atoms with Gasteiger partial charge in [-0.2, -0.15) is 0 Å². The van der Waals surface area contributed by atoms with Gasteiger partial charge in [0, 0.05) is 23.5 Å². The van der Waals surface area contributed by atoms with Crippen LogP contribution < -0.4 is 10.6 Å². The van der Waals surface area contributed by atoms with E-state index in [-0.39, 0.29) is 23.7 Å². The molecule has 2 N–H and O–H groups in total. The second-order valence-electron chi connectivity index (χ2n) is 10.3. The molecule has 2 aromatic rings. The van der Waals surface area contributed by atoms with E-state index >= 15 is 0 Å². The molecule has 1 atom stereocenters. The molecular formula is C28H35ClFN3O2. The maximum absolute atomic E-state index is 13.6. The van der Waals surface area contributed by atoms with Crippen LogP contribution in [0.4, 0.5) is 4.39 Å². The number of carbonyl (C=O) groups is 2. The Hall–Kier alpha value is -2.44. The molecule has 2 aromatic carbocycles. The number of amides is 2. The van der Waals surface area contributed by atoms with Crippen molar-refractivity contribution in [2.75, 3.05) is 14.1 Å². The molecule has 188 valence electrons. The number of nitrogens with one attached hydrogen (secondary N) is 2. The number of nitrogens with zero attached hydrogens (tertiary/aromatic N) is 1. The molecule has 0 aliphatic heterocycles. The van der Waals surface area contributed by atoms with Gasteiger partial charge in [0.2, 0.25) is 11.8 Å². The number of carbonyl (C=O) groups excluding carboxylic acids is 2. The zero-order valence-corrected chi connectivity index (χ0v) is 21.3. The van der Waals surface area contributed by atoms with Crippen molar-refractivity contribution in [3.05, 3.63) is 70.5 Å². The molecule has 5 nitrogen and oxygen atoms in total. The first-order chi connectivity index (χ1) is 16.8. The van der Waals surface area contributed by atoms with Gasteiger partial charge in [-0.1, -0.05) is 42.3 Å². The Bertz CT molecular complexity index is 1010. The SMILES string of the molecule is CN(C)C1CCC(NC(=O)[C@@H](Cc2ccc(Cl)cc2)NC(=O)C2(c3ccc(F)cc3)CCC2)CC1. The van der Waals surface area contributed by atoms with E-state index in [4.69, 9.17) is 11.6 Å². The summed E-state index contributed by atoms with van der Waals surface area (Å²) in [4.78, 5) is 29.3. The van der Waals surface area contributed by atoms with Crippen LogP contribution in [0.25, 0.3) is 0 Å². The molecule has 0 aromatic heterocycles. The Morgan fingerprint density at radius 2 is 1.66 bits per heavy atom. The van der Waals surface area contributed by atoms with Crippen LogP contribution in [0.3, 0.4) is 0 Å². The largest absolute Gasteiger partial charge is 0.352 e. The summed E-state index contributed by atoms with van der Waals surface area (Å²) in [5.41, 5.74) is 1.02. The van der Waals surface area contributed by atoms with Crippen LogP contribution in [-0.2, 0) is 21.4 Å². The minimum atomic E-state index is -0.712. The molecular weight excluding hydrogens is 465 g/mol. The van der Waals surface area contributed by atoms with E-state index in [1.165, 1.54) is 12.1 Å². The van der Waals surface area contributed by atoms with Crippen molar-refractivity contribution in [2.45, 2.75) is 74.9 Å². The predicted octanol–water partition coefficient (Wildman–Crippen LogP) is 4.62. The first kappa shape index (κ1) is 25.6. The van der Waals surface area contributed by atoms with Gasteiger partial charge in [0.15, 0.2) is 0 Å². The third kappa shape index (κ3) is 6.04. The minimum absolute atomic E-state index is 0.109. The fourth-order valence-corrected chi connectivity index (χ4v) is 5.47. The van der Waals surface area contributed by atoms with Gasteiger partial charge >= 0.3 is 0 Å². The standard InChI is InChI=1S/C28H35ClFN3O2/c1-33(2)24-14-12-23(13-15-24)31-26(34)25(18-19-4-8-21(29)9-5-19)32-27(35)28(16-3-17-28)20-6-10-22(30)11-7-20/h4-11,23-25H,3,12-18H2,1-2H3,(H,31,34)(H,32,35)/t23?,24?,25-/m1/s1. The van der Waals surface area contributed by atoms with Gasteiger partial charge in [-0.25, -0.2) is 4.39 Å². The van der Waals surface area contributed by atoms with Crippen molar-refractivity contribution < 1.29 is 14.0 Å². The molecule has 2 saturated carbocycles. The summed E-state index contributed by atoms with van der Waals surface area (Å²) < 4.78 is 13.5. The van der Waals surface area contributed by atoms with Crippen LogP contribution in [-0.4, -0.2) is 48.9 Å². The summed E-state index contributed by atoms with van der Waals surface area (Å²) in [7, 11) is 4.19. The Labute approximate surface area is 212 Å². The molecule has 0 bridgehead atoms. The molecule has 35 heavy (non-hydrogen) atoms. The van der Waals surface area contributed by atoms with Crippen LogP contribution in [0.5, 0.6) is 0 Å². The Kier molecular flexibility index (Phi) is 8.12. The molecule has 2 aliphatic carbocycles. The van der Waals surface area contributed by atoms with Crippen LogP contribution in [0.15, 0.2) is 48.5 Å². The molecule has 4 rings (SSSR count). The highest BCUT2D eigenvalue weighted by atomic mass is 35.5. The first-order valence-corrected chi connectivity index (χ1v) is 12.9. The Balaban J connectivity index is 1.49. The normalized spacial score (nSPS) is 22.2. The summed E-state index contributed by atoms with van der Waals surface area (Å²) in [6.45, 7) is 0. The lowest BCUT2D eigenvalue weighted by molar-refractivity contribution is -0.134. The molecule has 0 saturated heterocycles. The predicted molar refractivity (Wildman–Crippen MR) is 137 cm³/mol. The third-order valence-corrected chi connectivity index (χ3v) is 8.04. The van der Waals surface area contributed by atoms with Gasteiger partial charge in [-0.3, -0.25) is 9.59 Å². The molecule has 0 unspecified atom stereocenters. The molecule has 0 radical (unpaired) electrons. The van der Waals surface area contributed by atoms with Crippen molar-refractivity contribution >= 4 is 23.4 Å². The highest BCUT2D eigenvalue weighted by molar-refractivity contribution is 6.30. The summed E-state index contributed by atoms with van der Waals surface area (Å²) in [6, 6.07) is 13.5. The molecule has 2 amide bonds. The Morgan fingerprint density at radius 3 is 2.20 bits per heavy atom. The zero-order chi connectivity index (χ0) is 25.0.